The topological polar surface area (TPSA) is 152 Å². The summed E-state index contributed by atoms with van der Waals surface area (Å²) >= 11 is 1.31. The summed E-state index contributed by atoms with van der Waals surface area (Å²) in [6.07, 6.45) is 5.78. The van der Waals surface area contributed by atoms with Crippen LogP contribution in [0, 0.1) is 5.92 Å². The molecule has 0 radical (unpaired) electrons. The lowest BCUT2D eigenvalue weighted by Gasteiger charge is -2.10. The largest absolute Gasteiger partial charge is 0.383 e. The molecule has 0 spiro atoms. The lowest BCUT2D eigenvalue weighted by molar-refractivity contribution is 0.0944. The number of rotatable bonds is 14. The third-order valence-electron chi connectivity index (χ3n) is 7.19. The van der Waals surface area contributed by atoms with Crippen molar-refractivity contribution in [2.45, 2.75) is 33.1 Å². The Morgan fingerprint density at radius 2 is 1.65 bits per heavy atom. The number of aryl methyl sites for hydroxylation is 3. The molecular formula is C33H43N9O3S. The standard InChI is InChI=1S/C33H43N9O3S/c1-21(2)13-14-27-28(32(45)35-15-10-16-40(3)4)38-33(46-27)39-31(44)26-18-24(20-42(26)6)37-30(43)25-17-23(19-41(25)5)36-29(34)22-11-8-7-9-12-22/h7-9,11-12,17-21H,10,13-16H2,1-6H3,(H2,34,36)(H,35,45)(H,37,43)(H,38,39,44). The smallest absolute Gasteiger partial charge is 0.274 e. The van der Waals surface area contributed by atoms with Crippen molar-refractivity contribution in [2.24, 2.45) is 30.7 Å². The average molecular weight is 646 g/mol. The summed E-state index contributed by atoms with van der Waals surface area (Å²) in [4.78, 5) is 51.3. The predicted molar refractivity (Wildman–Crippen MR) is 184 cm³/mol. The van der Waals surface area contributed by atoms with Gasteiger partial charge in [-0.2, -0.15) is 0 Å². The summed E-state index contributed by atoms with van der Waals surface area (Å²) < 4.78 is 3.29. The molecule has 0 atom stereocenters. The quantitative estimate of drug-likeness (QED) is 0.0892. The molecule has 0 bridgehead atoms. The highest BCUT2D eigenvalue weighted by Crippen LogP contribution is 2.27. The second-order valence-corrected chi connectivity index (χ2v) is 12.9. The zero-order valence-electron chi connectivity index (χ0n) is 27.3. The Kier molecular flexibility index (Phi) is 11.5. The van der Waals surface area contributed by atoms with Gasteiger partial charge < -0.3 is 30.4 Å². The molecule has 4 rings (SSSR count). The van der Waals surface area contributed by atoms with Crippen LogP contribution in [-0.4, -0.2) is 69.8 Å². The van der Waals surface area contributed by atoms with E-state index >= 15 is 0 Å². The molecule has 3 heterocycles. The third-order valence-corrected chi connectivity index (χ3v) is 8.22. The minimum absolute atomic E-state index is 0.240. The summed E-state index contributed by atoms with van der Waals surface area (Å²) in [7, 11) is 7.45. The number of nitrogens with one attached hydrogen (secondary N) is 3. The molecule has 12 nitrogen and oxygen atoms in total. The molecule has 0 saturated heterocycles. The minimum atomic E-state index is -0.406. The molecule has 5 N–H and O–H groups in total. The van der Waals surface area contributed by atoms with Crippen LogP contribution in [-0.2, 0) is 20.5 Å². The lowest BCUT2D eigenvalue weighted by atomic mass is 10.1. The van der Waals surface area contributed by atoms with Crippen LogP contribution in [0.5, 0.6) is 0 Å². The molecule has 4 aromatic rings. The highest BCUT2D eigenvalue weighted by molar-refractivity contribution is 7.16. The number of amidine groups is 1. The average Bonchev–Trinajstić information content (AvgIpc) is 3.70. The van der Waals surface area contributed by atoms with Gasteiger partial charge in [0, 0.05) is 43.5 Å². The molecule has 0 fully saturated rings. The van der Waals surface area contributed by atoms with Crippen molar-refractivity contribution in [1.82, 2.24) is 24.3 Å². The van der Waals surface area contributed by atoms with Crippen LogP contribution >= 0.6 is 11.3 Å². The number of aliphatic imine (C=N–C) groups is 1. The maximum atomic E-state index is 13.3. The monoisotopic (exact) mass is 645 g/mol. The van der Waals surface area contributed by atoms with Crippen LogP contribution in [0.15, 0.2) is 59.9 Å². The number of benzene rings is 1. The Hall–Kier alpha value is -4.75. The van der Waals surface area contributed by atoms with Gasteiger partial charge in [-0.15, -0.1) is 11.3 Å². The van der Waals surface area contributed by atoms with Crippen molar-refractivity contribution in [3.05, 3.63) is 82.4 Å². The van der Waals surface area contributed by atoms with E-state index in [1.165, 1.54) is 11.3 Å². The number of carbonyl (C=O) groups excluding carboxylic acids is 3. The fourth-order valence-electron chi connectivity index (χ4n) is 4.71. The van der Waals surface area contributed by atoms with Gasteiger partial charge in [-0.3, -0.25) is 19.7 Å². The van der Waals surface area contributed by atoms with E-state index in [0.717, 1.165) is 29.8 Å². The van der Waals surface area contributed by atoms with Gasteiger partial charge in [-0.05, 0) is 58.0 Å². The van der Waals surface area contributed by atoms with E-state index in [1.807, 2.05) is 44.4 Å². The Morgan fingerprint density at radius 1 is 0.978 bits per heavy atom. The van der Waals surface area contributed by atoms with Crippen LogP contribution < -0.4 is 21.7 Å². The van der Waals surface area contributed by atoms with Crippen LogP contribution in [0.1, 0.15) is 68.6 Å². The van der Waals surface area contributed by atoms with Gasteiger partial charge in [0.05, 0.1) is 11.4 Å². The zero-order valence-corrected chi connectivity index (χ0v) is 28.1. The van der Waals surface area contributed by atoms with Crippen LogP contribution in [0.2, 0.25) is 0 Å². The number of amides is 3. The van der Waals surface area contributed by atoms with Crippen molar-refractivity contribution in [2.75, 3.05) is 37.8 Å². The van der Waals surface area contributed by atoms with Gasteiger partial charge >= 0.3 is 0 Å². The molecule has 0 aliphatic heterocycles. The second-order valence-electron chi connectivity index (χ2n) is 11.8. The first-order valence-corrected chi connectivity index (χ1v) is 16.0. The molecule has 0 aliphatic carbocycles. The minimum Gasteiger partial charge on any atom is -0.383 e. The van der Waals surface area contributed by atoms with Crippen molar-refractivity contribution >= 4 is 51.4 Å². The zero-order chi connectivity index (χ0) is 33.4. The molecule has 0 aliphatic rings. The predicted octanol–water partition coefficient (Wildman–Crippen LogP) is 4.63. The number of nitrogens with zero attached hydrogens (tertiary/aromatic N) is 5. The number of nitrogens with two attached hydrogens (primary N) is 1. The normalized spacial score (nSPS) is 11.7. The maximum Gasteiger partial charge on any atom is 0.274 e. The Labute approximate surface area is 273 Å². The van der Waals surface area contributed by atoms with E-state index in [1.54, 1.807) is 47.8 Å². The first kappa shape index (κ1) is 34.1. The number of anilines is 2. The lowest BCUT2D eigenvalue weighted by Crippen LogP contribution is -2.28. The number of aromatic nitrogens is 3. The number of thiazole rings is 1. The number of hydrogen-bond donors (Lipinski definition) is 4. The molecule has 3 aromatic heterocycles. The maximum absolute atomic E-state index is 13.3. The number of carbonyl (C=O) groups is 3. The van der Waals surface area contributed by atoms with Crippen molar-refractivity contribution in [3.63, 3.8) is 0 Å². The highest BCUT2D eigenvalue weighted by Gasteiger charge is 2.22. The summed E-state index contributed by atoms with van der Waals surface area (Å²) in [6.45, 7) is 5.66. The molecule has 0 saturated carbocycles. The fraction of sp³-hybridized carbons (Fsp3) is 0.364. The Bertz CT molecular complexity index is 1700. The Morgan fingerprint density at radius 3 is 2.35 bits per heavy atom. The van der Waals surface area contributed by atoms with E-state index in [4.69, 9.17) is 5.73 Å². The van der Waals surface area contributed by atoms with Crippen LogP contribution in [0.3, 0.4) is 0 Å². The van der Waals surface area contributed by atoms with Crippen LogP contribution in [0.25, 0.3) is 0 Å². The first-order chi connectivity index (χ1) is 21.9. The van der Waals surface area contributed by atoms with E-state index < -0.39 is 5.91 Å². The second kappa shape index (κ2) is 15.5. The molecule has 46 heavy (non-hydrogen) atoms. The first-order valence-electron chi connectivity index (χ1n) is 15.2. The van der Waals surface area contributed by atoms with Gasteiger partial charge in [0.2, 0.25) is 0 Å². The summed E-state index contributed by atoms with van der Waals surface area (Å²) in [5, 5.41) is 9.00. The fourth-order valence-corrected chi connectivity index (χ4v) is 5.68. The summed E-state index contributed by atoms with van der Waals surface area (Å²) in [5.41, 5.74) is 8.96. The van der Waals surface area contributed by atoms with Gasteiger partial charge in [-0.25, -0.2) is 9.98 Å². The molecule has 1 aromatic carbocycles. The third kappa shape index (κ3) is 9.14. The van der Waals surface area contributed by atoms with Gasteiger partial charge in [0.15, 0.2) is 5.13 Å². The van der Waals surface area contributed by atoms with Gasteiger partial charge in [-0.1, -0.05) is 44.2 Å². The summed E-state index contributed by atoms with van der Waals surface area (Å²) in [5.74, 6) is -0.213. The van der Waals surface area contributed by atoms with Gasteiger partial charge in [0.25, 0.3) is 17.7 Å². The van der Waals surface area contributed by atoms with E-state index in [9.17, 15) is 14.4 Å². The molecule has 3 amide bonds. The summed E-state index contributed by atoms with van der Waals surface area (Å²) in [6, 6.07) is 12.6. The van der Waals surface area contributed by atoms with Crippen LogP contribution in [0.4, 0.5) is 16.5 Å². The molecule has 0 unspecified atom stereocenters. The van der Waals surface area contributed by atoms with Crippen molar-refractivity contribution in [1.29, 1.82) is 0 Å². The Balaban J connectivity index is 1.44. The van der Waals surface area contributed by atoms with Crippen molar-refractivity contribution < 1.29 is 14.4 Å². The molecule has 244 valence electrons. The van der Waals surface area contributed by atoms with E-state index in [2.05, 4.69) is 44.7 Å². The van der Waals surface area contributed by atoms with Crippen molar-refractivity contribution in [3.8, 4) is 0 Å². The molecular weight excluding hydrogens is 602 g/mol. The van der Waals surface area contributed by atoms with E-state index in [0.29, 0.717) is 58.3 Å². The molecule has 13 heteroatoms. The SMILES string of the molecule is CC(C)CCc1sc(NC(=O)c2cc(NC(=O)c3cc(N=C(N)c4ccccc4)cn3C)cn2C)nc1C(=O)NCCCN(C)C. The highest BCUT2D eigenvalue weighted by atomic mass is 32.1. The van der Waals surface area contributed by atoms with Gasteiger partial charge in [0.1, 0.15) is 22.9 Å². The van der Waals surface area contributed by atoms with E-state index in [-0.39, 0.29) is 11.8 Å². The number of hydrogen-bond acceptors (Lipinski definition) is 7.